The summed E-state index contributed by atoms with van der Waals surface area (Å²) < 4.78 is 5.03. The van der Waals surface area contributed by atoms with Crippen LogP contribution in [0.15, 0.2) is 255 Å². The van der Waals surface area contributed by atoms with Gasteiger partial charge >= 0.3 is 0 Å². The molecule has 13 aromatic rings. The molecule has 3 heteroatoms. The van der Waals surface area contributed by atoms with Gasteiger partial charge in [-0.25, -0.2) is 0 Å². The van der Waals surface area contributed by atoms with Crippen molar-refractivity contribution in [3.63, 3.8) is 0 Å². The number of para-hydroxylation sites is 2. The first-order chi connectivity index (χ1) is 33.2. The first-order valence-corrected chi connectivity index (χ1v) is 23.7. The van der Waals surface area contributed by atoms with Crippen LogP contribution in [-0.2, 0) is 0 Å². The molecular formula is C64H42N2S. The second-order valence-electron chi connectivity index (χ2n) is 17.3. The van der Waals surface area contributed by atoms with E-state index in [9.17, 15) is 0 Å². The molecule has 13 rings (SSSR count). The lowest BCUT2D eigenvalue weighted by Gasteiger charge is -2.29. The van der Waals surface area contributed by atoms with Crippen molar-refractivity contribution in [3.05, 3.63) is 255 Å². The van der Waals surface area contributed by atoms with Gasteiger partial charge in [0.1, 0.15) is 0 Å². The molecule has 2 heterocycles. The van der Waals surface area contributed by atoms with E-state index in [1.807, 2.05) is 11.3 Å². The summed E-state index contributed by atoms with van der Waals surface area (Å²) in [6, 6.07) is 93.3. The SMILES string of the molecule is c1ccc(-c2cc(-c3cccc(-n4c5ccccc5c5ccccc54)c3)ccc2N(c2ccc(-c3ccc4c(c3)sc3ccccc34)cc2)c2ccc(-c3cccc4ccccc34)cc2)cc1. The zero-order valence-corrected chi connectivity index (χ0v) is 37.4. The van der Waals surface area contributed by atoms with Gasteiger partial charge in [-0.05, 0) is 123 Å². The second kappa shape index (κ2) is 16.2. The molecule has 11 aromatic carbocycles. The topological polar surface area (TPSA) is 8.17 Å². The monoisotopic (exact) mass is 870 g/mol. The highest BCUT2D eigenvalue weighted by Crippen LogP contribution is 2.45. The maximum absolute atomic E-state index is 2.42. The third-order valence-corrected chi connectivity index (χ3v) is 14.5. The largest absolute Gasteiger partial charge is 0.310 e. The quantitative estimate of drug-likeness (QED) is 0.148. The van der Waals surface area contributed by atoms with Crippen LogP contribution >= 0.6 is 11.3 Å². The van der Waals surface area contributed by atoms with Crippen molar-refractivity contribution < 1.29 is 0 Å². The van der Waals surface area contributed by atoms with Crippen molar-refractivity contribution in [3.8, 4) is 50.2 Å². The van der Waals surface area contributed by atoms with E-state index >= 15 is 0 Å². The lowest BCUT2D eigenvalue weighted by molar-refractivity contribution is 1.18. The molecule has 314 valence electrons. The number of fused-ring (bicyclic) bond motifs is 7. The van der Waals surface area contributed by atoms with E-state index < -0.39 is 0 Å². The number of thiophene rings is 1. The number of rotatable bonds is 8. The first kappa shape index (κ1) is 38.9. The van der Waals surface area contributed by atoms with Crippen LogP contribution in [0.5, 0.6) is 0 Å². The molecule has 0 aliphatic carbocycles. The summed E-state index contributed by atoms with van der Waals surface area (Å²) in [6.07, 6.45) is 0. The lowest BCUT2D eigenvalue weighted by Crippen LogP contribution is -2.11. The lowest BCUT2D eigenvalue weighted by atomic mass is 9.95. The van der Waals surface area contributed by atoms with Gasteiger partial charge < -0.3 is 9.47 Å². The van der Waals surface area contributed by atoms with Crippen LogP contribution in [0.1, 0.15) is 0 Å². The summed E-state index contributed by atoms with van der Waals surface area (Å²) in [5, 5.41) is 7.65. The minimum Gasteiger partial charge on any atom is -0.310 e. The van der Waals surface area contributed by atoms with Gasteiger partial charge in [-0.3, -0.25) is 0 Å². The maximum Gasteiger partial charge on any atom is 0.0541 e. The summed E-state index contributed by atoms with van der Waals surface area (Å²) in [6.45, 7) is 0. The standard InChI is InChI=1S/C64H42N2S/c1-2-14-45(15-3-1)59-41-48(47-18-12-19-52(40-47)66-60-25-9-6-21-55(60)56-22-7-10-26-61(56)66)33-39-62(59)65(51-36-30-46(31-37-51)54-24-13-17-44-16-4-5-20-53(44)54)50-34-28-43(29-35-50)49-32-38-58-57-23-8-11-27-63(57)67-64(58)42-49/h1-42H. The second-order valence-corrected chi connectivity index (χ2v) is 18.4. The summed E-state index contributed by atoms with van der Waals surface area (Å²) >= 11 is 1.86. The summed E-state index contributed by atoms with van der Waals surface area (Å²) in [5.74, 6) is 0. The zero-order valence-electron chi connectivity index (χ0n) is 36.6. The molecular weight excluding hydrogens is 829 g/mol. The highest BCUT2D eigenvalue weighted by atomic mass is 32.1. The molecule has 0 atom stereocenters. The minimum absolute atomic E-state index is 1.08. The molecule has 0 aliphatic heterocycles. The Kier molecular flexibility index (Phi) is 9.40. The normalized spacial score (nSPS) is 11.6. The van der Waals surface area contributed by atoms with Gasteiger partial charge in [0, 0.05) is 53.6 Å². The predicted molar refractivity (Wildman–Crippen MR) is 288 cm³/mol. The Morgan fingerprint density at radius 3 is 1.58 bits per heavy atom. The third-order valence-electron chi connectivity index (χ3n) is 13.4. The van der Waals surface area contributed by atoms with Crippen LogP contribution in [0.3, 0.4) is 0 Å². The fourth-order valence-electron chi connectivity index (χ4n) is 10.2. The fourth-order valence-corrected chi connectivity index (χ4v) is 11.3. The molecule has 0 spiro atoms. The van der Waals surface area contributed by atoms with Crippen molar-refractivity contribution in [2.75, 3.05) is 4.90 Å². The highest BCUT2D eigenvalue weighted by Gasteiger charge is 2.20. The van der Waals surface area contributed by atoms with Crippen molar-refractivity contribution in [2.24, 2.45) is 0 Å². The predicted octanol–water partition coefficient (Wildman–Crippen LogP) is 18.4. The van der Waals surface area contributed by atoms with Gasteiger partial charge in [0.2, 0.25) is 0 Å². The molecule has 0 amide bonds. The van der Waals surface area contributed by atoms with Gasteiger partial charge in [-0.15, -0.1) is 11.3 Å². The maximum atomic E-state index is 2.42. The van der Waals surface area contributed by atoms with E-state index in [0.717, 1.165) is 45.0 Å². The highest BCUT2D eigenvalue weighted by molar-refractivity contribution is 7.25. The number of hydrogen-bond acceptors (Lipinski definition) is 2. The molecule has 0 saturated carbocycles. The number of nitrogens with zero attached hydrogens (tertiary/aromatic N) is 2. The number of hydrogen-bond donors (Lipinski definition) is 0. The summed E-state index contributed by atoms with van der Waals surface area (Å²) in [5.41, 5.74) is 16.3. The average molecular weight is 871 g/mol. The molecule has 0 unspecified atom stereocenters. The first-order valence-electron chi connectivity index (χ1n) is 22.9. The van der Waals surface area contributed by atoms with Crippen LogP contribution in [0.25, 0.3) is 103 Å². The van der Waals surface area contributed by atoms with Crippen LogP contribution in [0.4, 0.5) is 17.1 Å². The van der Waals surface area contributed by atoms with Gasteiger partial charge in [0.25, 0.3) is 0 Å². The number of anilines is 3. The van der Waals surface area contributed by atoms with E-state index in [2.05, 4.69) is 264 Å². The Balaban J connectivity index is 0.950. The summed E-state index contributed by atoms with van der Waals surface area (Å²) in [4.78, 5) is 2.42. The zero-order chi connectivity index (χ0) is 44.3. The van der Waals surface area contributed by atoms with Gasteiger partial charge in [0.05, 0.1) is 16.7 Å². The van der Waals surface area contributed by atoms with Crippen LogP contribution in [0, 0.1) is 0 Å². The van der Waals surface area contributed by atoms with Crippen molar-refractivity contribution in [1.82, 2.24) is 4.57 Å². The molecule has 2 aromatic heterocycles. The van der Waals surface area contributed by atoms with E-state index in [-0.39, 0.29) is 0 Å². The molecule has 0 fully saturated rings. The van der Waals surface area contributed by atoms with E-state index in [4.69, 9.17) is 0 Å². The fraction of sp³-hybridized carbons (Fsp3) is 0. The van der Waals surface area contributed by atoms with Crippen molar-refractivity contribution in [2.45, 2.75) is 0 Å². The molecule has 0 aliphatic rings. The van der Waals surface area contributed by atoms with Crippen LogP contribution in [0.2, 0.25) is 0 Å². The van der Waals surface area contributed by atoms with E-state index in [1.54, 1.807) is 0 Å². The van der Waals surface area contributed by atoms with Gasteiger partial charge in [-0.2, -0.15) is 0 Å². The van der Waals surface area contributed by atoms with E-state index in [1.165, 1.54) is 75.0 Å². The smallest absolute Gasteiger partial charge is 0.0541 e. The van der Waals surface area contributed by atoms with Crippen LogP contribution in [-0.4, -0.2) is 4.57 Å². The van der Waals surface area contributed by atoms with Crippen LogP contribution < -0.4 is 4.90 Å². The Labute approximate surface area is 393 Å². The van der Waals surface area contributed by atoms with Gasteiger partial charge in [-0.1, -0.05) is 182 Å². The number of aromatic nitrogens is 1. The molecule has 2 nitrogen and oxygen atoms in total. The van der Waals surface area contributed by atoms with Gasteiger partial charge in [0.15, 0.2) is 0 Å². The number of benzene rings is 11. The van der Waals surface area contributed by atoms with Crippen molar-refractivity contribution >= 4 is 81.1 Å². The summed E-state index contributed by atoms with van der Waals surface area (Å²) in [7, 11) is 0. The van der Waals surface area contributed by atoms with E-state index in [0.29, 0.717) is 0 Å². The average Bonchev–Trinajstić information content (AvgIpc) is 3.95. The Morgan fingerprint density at radius 1 is 0.299 bits per heavy atom. The Hall–Kier alpha value is -8.50. The molecule has 0 N–H and O–H groups in total. The van der Waals surface area contributed by atoms with Crippen molar-refractivity contribution in [1.29, 1.82) is 0 Å². The molecule has 67 heavy (non-hydrogen) atoms. The molecule has 0 radical (unpaired) electrons. The molecule has 0 bridgehead atoms. The minimum atomic E-state index is 1.08. The third kappa shape index (κ3) is 6.79. The Bertz CT molecular complexity index is 3910. The Morgan fingerprint density at radius 2 is 0.821 bits per heavy atom. The molecule has 0 saturated heterocycles.